The van der Waals surface area contributed by atoms with Gasteiger partial charge in [0.25, 0.3) is 5.91 Å². The van der Waals surface area contributed by atoms with E-state index in [4.69, 9.17) is 9.47 Å². The Hall–Kier alpha value is -2.52. The summed E-state index contributed by atoms with van der Waals surface area (Å²) in [5, 5.41) is 13.2. The molecule has 1 heterocycles. The summed E-state index contributed by atoms with van der Waals surface area (Å²) in [4.78, 5) is 14.0. The molecule has 0 aliphatic heterocycles. The number of fused-ring (bicyclic) bond motifs is 1. The smallest absolute Gasteiger partial charge is 0.260 e. The Morgan fingerprint density at radius 2 is 1.92 bits per heavy atom. The third-order valence-corrected chi connectivity index (χ3v) is 5.87. The summed E-state index contributed by atoms with van der Waals surface area (Å²) in [6.45, 7) is 0. The molecule has 1 aromatic carbocycles. The highest BCUT2D eigenvalue weighted by atomic mass is 32.1. The van der Waals surface area contributed by atoms with Gasteiger partial charge in [0.2, 0.25) is 0 Å². The summed E-state index contributed by atoms with van der Waals surface area (Å²) in [6.07, 6.45) is 6.55. The van der Waals surface area contributed by atoms with Crippen LogP contribution < -0.4 is 14.8 Å². The number of hydrogen-bond donors (Lipinski definition) is 1. The third-order valence-electron chi connectivity index (χ3n) is 4.66. The number of ether oxygens (including phenoxy) is 2. The number of nitrogens with zero attached hydrogens (tertiary/aromatic N) is 1. The van der Waals surface area contributed by atoms with E-state index in [2.05, 4.69) is 11.4 Å². The number of benzene rings is 1. The summed E-state index contributed by atoms with van der Waals surface area (Å²) in [5.41, 5.74) is 2.15. The van der Waals surface area contributed by atoms with Gasteiger partial charge < -0.3 is 14.8 Å². The van der Waals surface area contributed by atoms with Crippen LogP contribution in [0.4, 0.5) is 5.00 Å². The normalized spacial score (nSPS) is 13.7. The summed E-state index contributed by atoms with van der Waals surface area (Å²) in [7, 11) is 3.08. The molecule has 136 valence electrons. The summed E-state index contributed by atoms with van der Waals surface area (Å²) < 4.78 is 10.5. The SMILES string of the molecule is COc1ccc(C(=O)Nc2sc3c(c2C#N)CCCCCC3)c(OC)c1. The highest BCUT2D eigenvalue weighted by molar-refractivity contribution is 7.16. The van der Waals surface area contributed by atoms with Gasteiger partial charge in [0.15, 0.2) is 0 Å². The molecule has 1 aliphatic carbocycles. The van der Waals surface area contributed by atoms with Crippen LogP contribution in [0, 0.1) is 11.3 Å². The zero-order valence-corrected chi connectivity index (χ0v) is 15.9. The fourth-order valence-corrected chi connectivity index (χ4v) is 4.52. The molecule has 0 saturated carbocycles. The zero-order valence-electron chi connectivity index (χ0n) is 15.1. The van der Waals surface area contributed by atoms with Gasteiger partial charge in [0, 0.05) is 10.9 Å². The number of methoxy groups -OCH3 is 2. The van der Waals surface area contributed by atoms with Crippen LogP contribution in [-0.4, -0.2) is 20.1 Å². The molecular weight excluding hydrogens is 348 g/mol. The van der Waals surface area contributed by atoms with Gasteiger partial charge in [0.1, 0.15) is 22.6 Å². The molecule has 0 spiro atoms. The van der Waals surface area contributed by atoms with Crippen molar-refractivity contribution in [1.82, 2.24) is 0 Å². The van der Waals surface area contributed by atoms with Crippen molar-refractivity contribution >= 4 is 22.2 Å². The number of aryl methyl sites for hydroxylation is 1. The molecule has 2 aromatic rings. The first-order valence-electron chi connectivity index (χ1n) is 8.76. The standard InChI is InChI=1S/C20H22N2O3S/c1-24-13-9-10-15(17(11-13)25-2)19(23)22-20-16(12-21)14-7-5-3-4-6-8-18(14)26-20/h9-11H,3-8H2,1-2H3,(H,22,23). The van der Waals surface area contributed by atoms with E-state index in [9.17, 15) is 10.1 Å². The van der Waals surface area contributed by atoms with E-state index in [0.29, 0.717) is 27.6 Å². The number of nitrogens with one attached hydrogen (secondary N) is 1. The van der Waals surface area contributed by atoms with Crippen molar-refractivity contribution in [3.8, 4) is 17.6 Å². The lowest BCUT2D eigenvalue weighted by Gasteiger charge is -2.10. The van der Waals surface area contributed by atoms with Crippen molar-refractivity contribution in [2.24, 2.45) is 0 Å². The van der Waals surface area contributed by atoms with Crippen molar-refractivity contribution in [3.05, 3.63) is 39.8 Å². The highest BCUT2D eigenvalue weighted by Gasteiger charge is 2.22. The number of amides is 1. The molecule has 0 radical (unpaired) electrons. The van der Waals surface area contributed by atoms with Crippen LogP contribution in [0.3, 0.4) is 0 Å². The summed E-state index contributed by atoms with van der Waals surface area (Å²) in [5.74, 6) is 0.778. The Labute approximate surface area is 157 Å². The van der Waals surface area contributed by atoms with Crippen molar-refractivity contribution in [2.75, 3.05) is 19.5 Å². The lowest BCUT2D eigenvalue weighted by molar-refractivity contribution is 0.102. The van der Waals surface area contributed by atoms with Crippen molar-refractivity contribution in [1.29, 1.82) is 5.26 Å². The highest BCUT2D eigenvalue weighted by Crippen LogP contribution is 2.37. The monoisotopic (exact) mass is 370 g/mol. The Balaban J connectivity index is 1.90. The van der Waals surface area contributed by atoms with Crippen molar-refractivity contribution < 1.29 is 14.3 Å². The lowest BCUT2D eigenvalue weighted by Crippen LogP contribution is -2.13. The summed E-state index contributed by atoms with van der Waals surface area (Å²) in [6, 6.07) is 7.36. The minimum Gasteiger partial charge on any atom is -0.497 e. The Morgan fingerprint density at radius 1 is 1.15 bits per heavy atom. The largest absolute Gasteiger partial charge is 0.497 e. The molecule has 0 fully saturated rings. The van der Waals surface area contributed by atoms with Gasteiger partial charge in [-0.05, 0) is 43.4 Å². The van der Waals surface area contributed by atoms with Gasteiger partial charge in [-0.3, -0.25) is 4.79 Å². The molecule has 0 bridgehead atoms. The number of carbonyl (C=O) groups excluding carboxylic acids is 1. The topological polar surface area (TPSA) is 71.3 Å². The van der Waals surface area contributed by atoms with Crippen molar-refractivity contribution in [3.63, 3.8) is 0 Å². The lowest BCUT2D eigenvalue weighted by atomic mass is 9.97. The third kappa shape index (κ3) is 3.68. The van der Waals surface area contributed by atoms with Crippen molar-refractivity contribution in [2.45, 2.75) is 38.5 Å². The molecule has 1 aliphatic rings. The fraction of sp³-hybridized carbons (Fsp3) is 0.400. The van der Waals surface area contributed by atoms with Gasteiger partial charge in [-0.15, -0.1) is 11.3 Å². The van der Waals surface area contributed by atoms with E-state index in [1.54, 1.807) is 25.3 Å². The number of hydrogen-bond acceptors (Lipinski definition) is 5. The predicted molar refractivity (Wildman–Crippen MR) is 102 cm³/mol. The quantitative estimate of drug-likeness (QED) is 0.857. The molecule has 0 unspecified atom stereocenters. The zero-order chi connectivity index (χ0) is 18.5. The van der Waals surface area contributed by atoms with Crippen LogP contribution in [0.1, 0.15) is 52.0 Å². The molecule has 3 rings (SSSR count). The van der Waals surface area contributed by atoms with E-state index < -0.39 is 0 Å². The van der Waals surface area contributed by atoms with E-state index in [1.165, 1.54) is 36.2 Å². The molecule has 26 heavy (non-hydrogen) atoms. The molecule has 0 saturated heterocycles. The van der Waals surface area contributed by atoms with Crippen LogP contribution in [-0.2, 0) is 12.8 Å². The number of anilines is 1. The first-order valence-corrected chi connectivity index (χ1v) is 9.57. The van der Waals surface area contributed by atoms with Crippen LogP contribution in [0.2, 0.25) is 0 Å². The van der Waals surface area contributed by atoms with Gasteiger partial charge in [0.05, 0.1) is 25.3 Å². The number of rotatable bonds is 4. The van der Waals surface area contributed by atoms with Gasteiger partial charge in [-0.2, -0.15) is 5.26 Å². The predicted octanol–water partition coefficient (Wildman–Crippen LogP) is 4.55. The van der Waals surface area contributed by atoms with E-state index in [0.717, 1.165) is 31.2 Å². The molecule has 5 nitrogen and oxygen atoms in total. The molecular formula is C20H22N2O3S. The average Bonchev–Trinajstić information content (AvgIpc) is 2.96. The maximum Gasteiger partial charge on any atom is 0.260 e. The van der Waals surface area contributed by atoms with Crippen LogP contribution >= 0.6 is 11.3 Å². The van der Waals surface area contributed by atoms with Crippen LogP contribution in [0.5, 0.6) is 11.5 Å². The van der Waals surface area contributed by atoms with Crippen LogP contribution in [0.15, 0.2) is 18.2 Å². The molecule has 1 N–H and O–H groups in total. The molecule has 6 heteroatoms. The maximum absolute atomic E-state index is 12.8. The number of thiophene rings is 1. The molecule has 0 atom stereocenters. The Morgan fingerprint density at radius 3 is 2.62 bits per heavy atom. The Kier molecular flexibility index (Phi) is 5.79. The van der Waals surface area contributed by atoms with Gasteiger partial charge in [-0.1, -0.05) is 12.8 Å². The van der Waals surface area contributed by atoms with Gasteiger partial charge in [-0.25, -0.2) is 0 Å². The van der Waals surface area contributed by atoms with E-state index in [1.807, 2.05) is 0 Å². The first kappa shape index (κ1) is 18.3. The average molecular weight is 370 g/mol. The Bertz CT molecular complexity index is 851. The summed E-state index contributed by atoms with van der Waals surface area (Å²) >= 11 is 1.53. The second-order valence-electron chi connectivity index (χ2n) is 6.25. The number of carbonyl (C=O) groups is 1. The van der Waals surface area contributed by atoms with E-state index >= 15 is 0 Å². The maximum atomic E-state index is 12.8. The van der Waals surface area contributed by atoms with E-state index in [-0.39, 0.29) is 5.91 Å². The fourth-order valence-electron chi connectivity index (χ4n) is 3.28. The first-order chi connectivity index (χ1) is 12.7. The molecule has 1 amide bonds. The minimum absolute atomic E-state index is 0.282. The van der Waals surface area contributed by atoms with Gasteiger partial charge >= 0.3 is 0 Å². The second-order valence-corrected chi connectivity index (χ2v) is 7.36. The number of nitriles is 1. The second kappa shape index (κ2) is 8.24. The molecule has 1 aromatic heterocycles. The minimum atomic E-state index is -0.282. The van der Waals surface area contributed by atoms with Crippen LogP contribution in [0.25, 0.3) is 0 Å².